The lowest BCUT2D eigenvalue weighted by Gasteiger charge is -2.29. The average molecular weight is 230 g/mol. The fourth-order valence-corrected chi connectivity index (χ4v) is 3.50. The Hall–Kier alpha value is -1.31. The van der Waals surface area contributed by atoms with Gasteiger partial charge in [-0.15, -0.1) is 0 Å². The zero-order chi connectivity index (χ0) is 11.9. The number of benzene rings is 1. The fraction of sp³-hybridized carbons (Fsp3) is 0.533. The van der Waals surface area contributed by atoms with Gasteiger partial charge in [0, 0.05) is 0 Å². The van der Waals surface area contributed by atoms with Crippen molar-refractivity contribution in [2.24, 2.45) is 11.3 Å². The molecule has 1 aromatic carbocycles. The number of carbonyl (C=O) groups is 1. The highest BCUT2D eigenvalue weighted by molar-refractivity contribution is 5.74. The molecule has 1 aromatic rings. The molecule has 17 heavy (non-hydrogen) atoms. The summed E-state index contributed by atoms with van der Waals surface area (Å²) in [5.74, 6) is 0.0271. The van der Waals surface area contributed by atoms with Crippen LogP contribution < -0.4 is 0 Å². The molecule has 3 rings (SSSR count). The number of hydrogen-bond donors (Lipinski definition) is 1. The third-order valence-corrected chi connectivity index (χ3v) is 4.74. The van der Waals surface area contributed by atoms with Crippen molar-refractivity contribution in [2.45, 2.75) is 38.0 Å². The van der Waals surface area contributed by atoms with E-state index in [4.69, 9.17) is 5.11 Å². The Morgan fingerprint density at radius 2 is 1.82 bits per heavy atom. The van der Waals surface area contributed by atoms with Crippen LogP contribution in [0.25, 0.3) is 0 Å². The van der Waals surface area contributed by atoms with E-state index in [1.165, 1.54) is 5.56 Å². The van der Waals surface area contributed by atoms with E-state index in [9.17, 15) is 4.79 Å². The molecule has 2 aliphatic carbocycles. The Labute approximate surface area is 102 Å². The van der Waals surface area contributed by atoms with Crippen LogP contribution in [0, 0.1) is 11.3 Å². The van der Waals surface area contributed by atoms with E-state index in [-0.39, 0.29) is 11.3 Å². The summed E-state index contributed by atoms with van der Waals surface area (Å²) in [7, 11) is 0. The van der Waals surface area contributed by atoms with Crippen LogP contribution in [-0.2, 0) is 4.79 Å². The molecule has 0 aromatic heterocycles. The molecule has 0 radical (unpaired) electrons. The number of hydrogen-bond acceptors (Lipinski definition) is 1. The van der Waals surface area contributed by atoms with E-state index >= 15 is 0 Å². The predicted molar refractivity (Wildman–Crippen MR) is 65.8 cm³/mol. The largest absolute Gasteiger partial charge is 0.481 e. The third kappa shape index (κ3) is 1.86. The monoisotopic (exact) mass is 230 g/mol. The molecule has 2 heteroatoms. The predicted octanol–water partition coefficient (Wildman–Crippen LogP) is 3.44. The third-order valence-electron chi connectivity index (χ3n) is 4.74. The summed E-state index contributed by atoms with van der Waals surface area (Å²) < 4.78 is 0. The molecule has 2 fully saturated rings. The second kappa shape index (κ2) is 3.86. The maximum Gasteiger partial charge on any atom is 0.307 e. The minimum absolute atomic E-state index is 0.0424. The minimum Gasteiger partial charge on any atom is -0.481 e. The Balaban J connectivity index is 1.64. The lowest BCUT2D eigenvalue weighted by Crippen LogP contribution is -2.18. The lowest BCUT2D eigenvalue weighted by atomic mass is 9.76. The van der Waals surface area contributed by atoms with E-state index < -0.39 is 5.97 Å². The summed E-state index contributed by atoms with van der Waals surface area (Å²) in [6, 6.07) is 10.6. The fourth-order valence-electron chi connectivity index (χ4n) is 3.50. The first kappa shape index (κ1) is 10.8. The maximum absolute atomic E-state index is 11.0. The van der Waals surface area contributed by atoms with E-state index in [0.717, 1.165) is 32.1 Å². The highest BCUT2D eigenvalue weighted by Gasteiger charge is 2.58. The molecule has 2 nitrogen and oxygen atoms in total. The second-order valence-corrected chi connectivity index (χ2v) is 5.64. The molecule has 90 valence electrons. The average Bonchev–Trinajstić information content (AvgIpc) is 3.06. The topological polar surface area (TPSA) is 37.3 Å². The van der Waals surface area contributed by atoms with Crippen LogP contribution in [0.5, 0.6) is 0 Å². The van der Waals surface area contributed by atoms with Crippen molar-refractivity contribution in [1.82, 2.24) is 0 Å². The molecule has 1 spiro atoms. The van der Waals surface area contributed by atoms with E-state index in [0.29, 0.717) is 5.92 Å². The first-order valence-electron chi connectivity index (χ1n) is 6.49. The zero-order valence-corrected chi connectivity index (χ0v) is 9.93. The van der Waals surface area contributed by atoms with Crippen molar-refractivity contribution in [3.63, 3.8) is 0 Å². The molecule has 0 saturated heterocycles. The summed E-state index contributed by atoms with van der Waals surface area (Å²) >= 11 is 0. The number of rotatable bonds is 2. The Morgan fingerprint density at radius 3 is 2.35 bits per heavy atom. The standard InChI is InChI=1S/C15H18O2/c16-14(17)13-10-15(13)8-6-12(7-9-15)11-4-2-1-3-5-11/h1-5,12-13H,6-10H2,(H,16,17). The van der Waals surface area contributed by atoms with Crippen molar-refractivity contribution in [1.29, 1.82) is 0 Å². The van der Waals surface area contributed by atoms with Crippen LogP contribution in [0.15, 0.2) is 30.3 Å². The summed E-state index contributed by atoms with van der Waals surface area (Å²) in [6.45, 7) is 0. The summed E-state index contributed by atoms with van der Waals surface area (Å²) in [5, 5.41) is 9.05. The lowest BCUT2D eigenvalue weighted by molar-refractivity contribution is -0.139. The van der Waals surface area contributed by atoms with Gasteiger partial charge < -0.3 is 5.11 Å². The summed E-state index contributed by atoms with van der Waals surface area (Å²) in [4.78, 5) is 11.0. The van der Waals surface area contributed by atoms with Crippen LogP contribution in [0.3, 0.4) is 0 Å². The zero-order valence-electron chi connectivity index (χ0n) is 9.93. The first-order chi connectivity index (χ1) is 8.21. The van der Waals surface area contributed by atoms with Gasteiger partial charge >= 0.3 is 5.97 Å². The van der Waals surface area contributed by atoms with Crippen molar-refractivity contribution in [3.05, 3.63) is 35.9 Å². The van der Waals surface area contributed by atoms with Gasteiger partial charge in [0.05, 0.1) is 5.92 Å². The van der Waals surface area contributed by atoms with E-state index in [1.807, 2.05) is 0 Å². The van der Waals surface area contributed by atoms with E-state index in [2.05, 4.69) is 30.3 Å². The quantitative estimate of drug-likeness (QED) is 0.845. The first-order valence-corrected chi connectivity index (χ1v) is 6.49. The molecule has 0 heterocycles. The maximum atomic E-state index is 11.0. The molecule has 2 aliphatic rings. The van der Waals surface area contributed by atoms with Gasteiger partial charge in [0.2, 0.25) is 0 Å². The molecule has 1 N–H and O–H groups in total. The molecule has 2 saturated carbocycles. The van der Waals surface area contributed by atoms with Gasteiger partial charge in [0.1, 0.15) is 0 Å². The summed E-state index contributed by atoms with van der Waals surface area (Å²) in [6.07, 6.45) is 5.44. The van der Waals surface area contributed by atoms with E-state index in [1.54, 1.807) is 0 Å². The smallest absolute Gasteiger partial charge is 0.307 e. The van der Waals surface area contributed by atoms with Gasteiger partial charge in [-0.25, -0.2) is 0 Å². The highest BCUT2D eigenvalue weighted by atomic mass is 16.4. The van der Waals surface area contributed by atoms with Crippen molar-refractivity contribution in [3.8, 4) is 0 Å². The minimum atomic E-state index is -0.580. The normalized spacial score (nSPS) is 35.8. The van der Waals surface area contributed by atoms with Crippen molar-refractivity contribution in [2.75, 3.05) is 0 Å². The number of carboxylic acid groups (broad SMARTS) is 1. The number of aliphatic carboxylic acids is 1. The molecule has 1 atom stereocenters. The number of carboxylic acids is 1. The molecular formula is C15H18O2. The van der Waals surface area contributed by atoms with Crippen molar-refractivity contribution >= 4 is 5.97 Å². The Kier molecular flexibility index (Phi) is 2.46. The van der Waals surface area contributed by atoms with Gasteiger partial charge in [-0.1, -0.05) is 30.3 Å². The molecule has 1 unspecified atom stereocenters. The van der Waals surface area contributed by atoms with Crippen LogP contribution in [-0.4, -0.2) is 11.1 Å². The van der Waals surface area contributed by atoms with Crippen LogP contribution in [0.4, 0.5) is 0 Å². The molecule has 0 amide bonds. The SMILES string of the molecule is O=C(O)C1CC12CCC(c1ccccc1)CC2. The summed E-state index contributed by atoms with van der Waals surface area (Å²) in [5.41, 5.74) is 1.60. The van der Waals surface area contributed by atoms with Crippen LogP contribution in [0.1, 0.15) is 43.6 Å². The molecule has 0 aliphatic heterocycles. The Bertz CT molecular complexity index is 416. The van der Waals surface area contributed by atoms with Gasteiger partial charge in [-0.2, -0.15) is 0 Å². The Morgan fingerprint density at radius 1 is 1.18 bits per heavy atom. The molecular weight excluding hydrogens is 212 g/mol. The van der Waals surface area contributed by atoms with Crippen molar-refractivity contribution < 1.29 is 9.90 Å². The highest BCUT2D eigenvalue weighted by Crippen LogP contribution is 2.63. The second-order valence-electron chi connectivity index (χ2n) is 5.64. The van der Waals surface area contributed by atoms with Crippen LogP contribution in [0.2, 0.25) is 0 Å². The van der Waals surface area contributed by atoms with Crippen LogP contribution >= 0.6 is 0 Å². The van der Waals surface area contributed by atoms with Gasteiger partial charge in [-0.05, 0) is 49.0 Å². The van der Waals surface area contributed by atoms with Gasteiger partial charge in [-0.3, -0.25) is 4.79 Å². The van der Waals surface area contributed by atoms with Gasteiger partial charge in [0.25, 0.3) is 0 Å². The van der Waals surface area contributed by atoms with Gasteiger partial charge in [0.15, 0.2) is 0 Å². The molecule has 0 bridgehead atoms.